The SMILES string of the molecule is COc1cc(-c2ccc(CCN)nn2)c(OC)cc1C. The molecule has 20 heavy (non-hydrogen) atoms. The molecule has 0 aliphatic carbocycles. The third-order valence-corrected chi connectivity index (χ3v) is 3.11. The van der Waals surface area contributed by atoms with Crippen molar-refractivity contribution >= 4 is 0 Å². The third kappa shape index (κ3) is 2.88. The molecule has 1 aromatic carbocycles. The highest BCUT2D eigenvalue weighted by Crippen LogP contribution is 2.34. The van der Waals surface area contributed by atoms with Gasteiger partial charge in [0.15, 0.2) is 0 Å². The number of aromatic nitrogens is 2. The fraction of sp³-hybridized carbons (Fsp3) is 0.333. The number of rotatable bonds is 5. The average Bonchev–Trinajstić information content (AvgIpc) is 2.48. The first kappa shape index (κ1) is 14.3. The monoisotopic (exact) mass is 273 g/mol. The molecule has 5 heteroatoms. The molecule has 0 spiro atoms. The van der Waals surface area contributed by atoms with Crippen molar-refractivity contribution in [3.8, 4) is 22.8 Å². The molecule has 0 aliphatic heterocycles. The van der Waals surface area contributed by atoms with Crippen LogP contribution in [0.1, 0.15) is 11.3 Å². The van der Waals surface area contributed by atoms with Crippen LogP contribution in [0.3, 0.4) is 0 Å². The van der Waals surface area contributed by atoms with Crippen LogP contribution in [0.4, 0.5) is 0 Å². The Hall–Kier alpha value is -2.14. The molecule has 0 unspecified atom stereocenters. The number of nitrogens with two attached hydrogens (primary N) is 1. The van der Waals surface area contributed by atoms with Gasteiger partial charge in [-0.2, -0.15) is 10.2 Å². The second-order valence-electron chi connectivity index (χ2n) is 4.47. The summed E-state index contributed by atoms with van der Waals surface area (Å²) in [7, 11) is 3.29. The maximum Gasteiger partial charge on any atom is 0.128 e. The molecule has 0 bridgehead atoms. The van der Waals surface area contributed by atoms with E-state index in [-0.39, 0.29) is 0 Å². The summed E-state index contributed by atoms with van der Waals surface area (Å²) in [4.78, 5) is 0. The molecule has 106 valence electrons. The zero-order valence-electron chi connectivity index (χ0n) is 12.0. The number of nitrogens with zero attached hydrogens (tertiary/aromatic N) is 2. The van der Waals surface area contributed by atoms with E-state index in [9.17, 15) is 0 Å². The van der Waals surface area contributed by atoms with Crippen molar-refractivity contribution in [2.45, 2.75) is 13.3 Å². The molecule has 1 aromatic heterocycles. The number of hydrogen-bond acceptors (Lipinski definition) is 5. The Kier molecular flexibility index (Phi) is 4.53. The first-order valence-electron chi connectivity index (χ1n) is 6.45. The molecule has 0 radical (unpaired) electrons. The molecular formula is C15H19N3O2. The predicted molar refractivity (Wildman–Crippen MR) is 78.1 cm³/mol. The summed E-state index contributed by atoms with van der Waals surface area (Å²) in [5.74, 6) is 1.55. The van der Waals surface area contributed by atoms with Gasteiger partial charge in [-0.15, -0.1) is 0 Å². The zero-order valence-corrected chi connectivity index (χ0v) is 12.0. The summed E-state index contributed by atoms with van der Waals surface area (Å²) in [5.41, 5.74) is 9.02. The van der Waals surface area contributed by atoms with Crippen molar-refractivity contribution in [2.24, 2.45) is 5.73 Å². The normalized spacial score (nSPS) is 10.4. The standard InChI is InChI=1S/C15H19N3O2/c1-10-8-15(20-3)12(9-14(10)19-2)13-5-4-11(6-7-16)17-18-13/h4-5,8-9H,6-7,16H2,1-3H3. The van der Waals surface area contributed by atoms with Crippen LogP contribution in [0.15, 0.2) is 24.3 Å². The van der Waals surface area contributed by atoms with Crippen LogP contribution in [-0.2, 0) is 6.42 Å². The summed E-state index contributed by atoms with van der Waals surface area (Å²) in [5, 5.41) is 8.41. The molecule has 2 N–H and O–H groups in total. The van der Waals surface area contributed by atoms with Gasteiger partial charge < -0.3 is 15.2 Å². The molecule has 0 saturated carbocycles. The Morgan fingerprint density at radius 2 is 1.80 bits per heavy atom. The maximum atomic E-state index is 5.51. The number of hydrogen-bond donors (Lipinski definition) is 1. The highest BCUT2D eigenvalue weighted by Gasteiger charge is 2.12. The third-order valence-electron chi connectivity index (χ3n) is 3.11. The number of aryl methyl sites for hydroxylation is 1. The van der Waals surface area contributed by atoms with E-state index >= 15 is 0 Å². The summed E-state index contributed by atoms with van der Waals surface area (Å²) in [6.45, 7) is 2.54. The van der Waals surface area contributed by atoms with Crippen LogP contribution >= 0.6 is 0 Å². The Labute approximate surface area is 118 Å². The summed E-state index contributed by atoms with van der Waals surface area (Å²) >= 11 is 0. The van der Waals surface area contributed by atoms with Gasteiger partial charge in [-0.1, -0.05) is 0 Å². The van der Waals surface area contributed by atoms with Crippen LogP contribution in [0, 0.1) is 6.92 Å². The lowest BCUT2D eigenvalue weighted by molar-refractivity contribution is 0.401. The lowest BCUT2D eigenvalue weighted by atomic mass is 10.1. The van der Waals surface area contributed by atoms with E-state index in [1.165, 1.54) is 0 Å². The van der Waals surface area contributed by atoms with Gasteiger partial charge in [0.05, 0.1) is 25.6 Å². The topological polar surface area (TPSA) is 70.3 Å². The average molecular weight is 273 g/mol. The molecule has 0 fully saturated rings. The van der Waals surface area contributed by atoms with Crippen molar-refractivity contribution in [3.63, 3.8) is 0 Å². The Morgan fingerprint density at radius 1 is 1.05 bits per heavy atom. The van der Waals surface area contributed by atoms with Crippen molar-refractivity contribution in [3.05, 3.63) is 35.5 Å². The minimum Gasteiger partial charge on any atom is -0.496 e. The molecule has 2 aromatic rings. The molecule has 0 saturated heterocycles. The lowest BCUT2D eigenvalue weighted by Crippen LogP contribution is -2.05. The smallest absolute Gasteiger partial charge is 0.128 e. The maximum absolute atomic E-state index is 5.51. The second-order valence-corrected chi connectivity index (χ2v) is 4.47. The van der Waals surface area contributed by atoms with Gasteiger partial charge in [0.1, 0.15) is 11.5 Å². The highest BCUT2D eigenvalue weighted by atomic mass is 16.5. The highest BCUT2D eigenvalue weighted by molar-refractivity contribution is 5.70. The minimum atomic E-state index is 0.565. The quantitative estimate of drug-likeness (QED) is 0.902. The van der Waals surface area contributed by atoms with E-state index in [0.29, 0.717) is 6.54 Å². The van der Waals surface area contributed by atoms with Crippen LogP contribution in [0.2, 0.25) is 0 Å². The predicted octanol–water partition coefficient (Wildman–Crippen LogP) is 1.97. The van der Waals surface area contributed by atoms with Gasteiger partial charge in [-0.25, -0.2) is 0 Å². The largest absolute Gasteiger partial charge is 0.496 e. The van der Waals surface area contributed by atoms with Gasteiger partial charge in [-0.3, -0.25) is 0 Å². The Balaban J connectivity index is 2.44. The van der Waals surface area contributed by atoms with E-state index in [2.05, 4.69) is 10.2 Å². The van der Waals surface area contributed by atoms with Gasteiger partial charge in [0.25, 0.3) is 0 Å². The second kappa shape index (κ2) is 6.34. The van der Waals surface area contributed by atoms with E-state index in [1.54, 1.807) is 14.2 Å². The molecule has 0 atom stereocenters. The van der Waals surface area contributed by atoms with Crippen molar-refractivity contribution in [2.75, 3.05) is 20.8 Å². The van der Waals surface area contributed by atoms with Crippen molar-refractivity contribution < 1.29 is 9.47 Å². The van der Waals surface area contributed by atoms with Gasteiger partial charge in [-0.05, 0) is 43.3 Å². The lowest BCUT2D eigenvalue weighted by Gasteiger charge is -2.12. The van der Waals surface area contributed by atoms with Crippen molar-refractivity contribution in [1.29, 1.82) is 0 Å². The summed E-state index contributed by atoms with van der Waals surface area (Å²) in [6.07, 6.45) is 0.724. The zero-order chi connectivity index (χ0) is 14.5. The minimum absolute atomic E-state index is 0.565. The first-order valence-corrected chi connectivity index (χ1v) is 6.45. The fourth-order valence-electron chi connectivity index (χ4n) is 2.04. The van der Waals surface area contributed by atoms with Crippen LogP contribution in [0.5, 0.6) is 11.5 Å². The molecule has 5 nitrogen and oxygen atoms in total. The summed E-state index contributed by atoms with van der Waals surface area (Å²) in [6, 6.07) is 7.70. The molecule has 0 amide bonds. The summed E-state index contributed by atoms with van der Waals surface area (Å²) < 4.78 is 10.8. The molecular weight excluding hydrogens is 254 g/mol. The van der Waals surface area contributed by atoms with Crippen molar-refractivity contribution in [1.82, 2.24) is 10.2 Å². The van der Waals surface area contributed by atoms with E-state index < -0.39 is 0 Å². The fourth-order valence-corrected chi connectivity index (χ4v) is 2.04. The Bertz CT molecular complexity index is 582. The van der Waals surface area contributed by atoms with Gasteiger partial charge in [0.2, 0.25) is 0 Å². The van der Waals surface area contributed by atoms with E-state index in [4.69, 9.17) is 15.2 Å². The van der Waals surface area contributed by atoms with Crippen LogP contribution < -0.4 is 15.2 Å². The number of benzene rings is 1. The first-order chi connectivity index (χ1) is 9.69. The van der Waals surface area contributed by atoms with Crippen LogP contribution in [0.25, 0.3) is 11.3 Å². The number of ether oxygens (including phenoxy) is 2. The number of methoxy groups -OCH3 is 2. The van der Waals surface area contributed by atoms with Crippen LogP contribution in [-0.4, -0.2) is 31.0 Å². The van der Waals surface area contributed by atoms with E-state index in [1.807, 2.05) is 31.2 Å². The van der Waals surface area contributed by atoms with Gasteiger partial charge in [0, 0.05) is 12.0 Å². The molecule has 2 rings (SSSR count). The molecule has 0 aliphatic rings. The Morgan fingerprint density at radius 3 is 2.35 bits per heavy atom. The van der Waals surface area contributed by atoms with E-state index in [0.717, 1.165) is 40.4 Å². The molecule has 1 heterocycles. The van der Waals surface area contributed by atoms with Gasteiger partial charge >= 0.3 is 0 Å².